The second kappa shape index (κ2) is 7.86. The van der Waals surface area contributed by atoms with Crippen molar-refractivity contribution in [2.24, 2.45) is 0 Å². The first kappa shape index (κ1) is 21.4. The highest BCUT2D eigenvalue weighted by Crippen LogP contribution is 2.35. The predicted molar refractivity (Wildman–Crippen MR) is 98.7 cm³/mol. The molecule has 1 fully saturated rings. The molecule has 2 amide bonds. The van der Waals surface area contributed by atoms with Gasteiger partial charge in [-0.3, -0.25) is 14.3 Å². The average molecular weight is 444 g/mol. The number of imide groups is 1. The highest BCUT2D eigenvalue weighted by molar-refractivity contribution is 7.92. The molecule has 1 aliphatic rings. The minimum absolute atomic E-state index is 0.00353. The molecule has 160 valence electrons. The summed E-state index contributed by atoms with van der Waals surface area (Å²) in [4.78, 5) is 24.6. The van der Waals surface area contributed by atoms with Gasteiger partial charge in [-0.2, -0.15) is 0 Å². The summed E-state index contributed by atoms with van der Waals surface area (Å²) in [5, 5.41) is 0. The van der Waals surface area contributed by atoms with Gasteiger partial charge in [-0.1, -0.05) is 0 Å². The van der Waals surface area contributed by atoms with Crippen LogP contribution in [0.2, 0.25) is 0 Å². The molecule has 3 rings (SSSR count). The summed E-state index contributed by atoms with van der Waals surface area (Å²) < 4.78 is 73.1. The van der Waals surface area contributed by atoms with E-state index in [-0.39, 0.29) is 34.9 Å². The largest absolute Gasteiger partial charge is 0.573 e. The van der Waals surface area contributed by atoms with Gasteiger partial charge in [0.25, 0.3) is 10.0 Å². The molecule has 30 heavy (non-hydrogen) atoms. The molecule has 0 aromatic heterocycles. The minimum atomic E-state index is -4.87. The molecular formula is C18H15F3N2O6S. The third-order valence-electron chi connectivity index (χ3n) is 4.09. The van der Waals surface area contributed by atoms with Crippen molar-refractivity contribution in [3.63, 3.8) is 0 Å². The van der Waals surface area contributed by atoms with Crippen LogP contribution in [0, 0.1) is 0 Å². The van der Waals surface area contributed by atoms with E-state index in [0.717, 1.165) is 35.2 Å². The highest BCUT2D eigenvalue weighted by Gasteiger charge is 2.33. The third-order valence-corrected chi connectivity index (χ3v) is 5.47. The van der Waals surface area contributed by atoms with Crippen LogP contribution >= 0.6 is 0 Å². The Hall–Kier alpha value is -3.28. The normalized spacial score (nSPS) is 14.7. The molecule has 12 heteroatoms. The maximum atomic E-state index is 12.7. The lowest BCUT2D eigenvalue weighted by molar-refractivity contribution is -0.274. The summed E-state index contributed by atoms with van der Waals surface area (Å²) in [6.45, 7) is 0. The number of halogens is 3. The van der Waals surface area contributed by atoms with Crippen molar-refractivity contribution in [2.45, 2.75) is 24.1 Å². The number of methoxy groups -OCH3 is 1. The molecule has 0 atom stereocenters. The number of carbonyl (C=O) groups excluding carboxylic acids is 2. The Balaban J connectivity index is 1.88. The van der Waals surface area contributed by atoms with Crippen molar-refractivity contribution in [1.29, 1.82) is 0 Å². The van der Waals surface area contributed by atoms with E-state index in [2.05, 4.69) is 9.46 Å². The molecule has 0 saturated carbocycles. The molecule has 0 unspecified atom stereocenters. The van der Waals surface area contributed by atoms with E-state index < -0.39 is 33.9 Å². The van der Waals surface area contributed by atoms with Crippen LogP contribution in [0.25, 0.3) is 0 Å². The van der Waals surface area contributed by atoms with E-state index >= 15 is 0 Å². The molecule has 8 nitrogen and oxygen atoms in total. The summed E-state index contributed by atoms with van der Waals surface area (Å²) >= 11 is 0. The number of benzene rings is 2. The zero-order valence-electron chi connectivity index (χ0n) is 15.4. The lowest BCUT2D eigenvalue weighted by Crippen LogP contribution is -2.29. The molecule has 1 saturated heterocycles. The second-order valence-corrected chi connectivity index (χ2v) is 7.82. The molecule has 1 aliphatic heterocycles. The van der Waals surface area contributed by atoms with Gasteiger partial charge in [0.1, 0.15) is 11.5 Å². The molecule has 0 bridgehead atoms. The summed E-state index contributed by atoms with van der Waals surface area (Å²) in [6, 6.07) is 7.70. The first-order chi connectivity index (χ1) is 14.0. The minimum Gasteiger partial charge on any atom is -0.495 e. The van der Waals surface area contributed by atoms with Gasteiger partial charge in [-0.25, -0.2) is 13.3 Å². The zero-order chi connectivity index (χ0) is 22.1. The number of nitrogens with one attached hydrogen (secondary N) is 1. The Morgan fingerprint density at radius 2 is 1.60 bits per heavy atom. The van der Waals surface area contributed by atoms with Crippen molar-refractivity contribution in [3.05, 3.63) is 42.5 Å². The molecular weight excluding hydrogens is 429 g/mol. The van der Waals surface area contributed by atoms with E-state index in [1.54, 1.807) is 0 Å². The van der Waals surface area contributed by atoms with Crippen LogP contribution in [0.5, 0.6) is 11.5 Å². The van der Waals surface area contributed by atoms with Crippen molar-refractivity contribution in [3.8, 4) is 11.5 Å². The third kappa shape index (κ3) is 4.64. The van der Waals surface area contributed by atoms with Gasteiger partial charge in [0.15, 0.2) is 0 Å². The Labute approximate surface area is 169 Å². The van der Waals surface area contributed by atoms with Crippen LogP contribution in [-0.2, 0) is 19.6 Å². The van der Waals surface area contributed by atoms with Crippen molar-refractivity contribution >= 4 is 33.2 Å². The Kier molecular flexibility index (Phi) is 5.61. The number of sulfonamides is 1. The smallest absolute Gasteiger partial charge is 0.495 e. The van der Waals surface area contributed by atoms with Crippen LogP contribution in [0.15, 0.2) is 47.4 Å². The summed E-state index contributed by atoms with van der Waals surface area (Å²) in [5.74, 6) is -1.35. The van der Waals surface area contributed by atoms with Crippen molar-refractivity contribution in [1.82, 2.24) is 0 Å². The Morgan fingerprint density at radius 1 is 1.00 bits per heavy atom. The zero-order valence-corrected chi connectivity index (χ0v) is 16.2. The van der Waals surface area contributed by atoms with Crippen LogP contribution in [0.3, 0.4) is 0 Å². The van der Waals surface area contributed by atoms with Crippen LogP contribution in [-0.4, -0.2) is 33.7 Å². The van der Waals surface area contributed by atoms with Crippen molar-refractivity contribution in [2.75, 3.05) is 16.7 Å². The fraction of sp³-hybridized carbons (Fsp3) is 0.222. The number of nitrogens with zero attached hydrogens (tertiary/aromatic N) is 1. The molecule has 0 spiro atoms. The van der Waals surface area contributed by atoms with Crippen LogP contribution < -0.4 is 19.1 Å². The first-order valence-electron chi connectivity index (χ1n) is 8.42. The molecule has 2 aromatic rings. The lowest BCUT2D eigenvalue weighted by Gasteiger charge is -2.18. The van der Waals surface area contributed by atoms with Gasteiger partial charge < -0.3 is 9.47 Å². The Morgan fingerprint density at radius 3 is 2.13 bits per heavy atom. The van der Waals surface area contributed by atoms with Gasteiger partial charge >= 0.3 is 6.36 Å². The molecule has 1 heterocycles. The summed E-state index contributed by atoms with van der Waals surface area (Å²) in [5.41, 5.74) is -0.0305. The SMILES string of the molecule is COc1ccc(S(=O)(=O)Nc2ccc(OC(F)(F)F)cc2)cc1N1C(=O)CCC1=O. The number of carbonyl (C=O) groups is 2. The highest BCUT2D eigenvalue weighted by atomic mass is 32.2. The van der Waals surface area contributed by atoms with E-state index in [0.29, 0.717) is 0 Å². The number of rotatable bonds is 6. The van der Waals surface area contributed by atoms with Gasteiger partial charge in [0.2, 0.25) is 11.8 Å². The number of alkyl halides is 3. The van der Waals surface area contributed by atoms with Gasteiger partial charge in [0, 0.05) is 18.5 Å². The monoisotopic (exact) mass is 444 g/mol. The number of anilines is 2. The van der Waals surface area contributed by atoms with Crippen LogP contribution in [0.4, 0.5) is 24.5 Å². The van der Waals surface area contributed by atoms with Gasteiger partial charge in [0.05, 0.1) is 17.7 Å². The maximum absolute atomic E-state index is 12.7. The fourth-order valence-corrected chi connectivity index (χ4v) is 3.87. The maximum Gasteiger partial charge on any atom is 0.573 e. The summed E-state index contributed by atoms with van der Waals surface area (Å²) in [6.07, 6.45) is -4.86. The average Bonchev–Trinajstić information content (AvgIpc) is 2.99. The summed E-state index contributed by atoms with van der Waals surface area (Å²) in [7, 11) is -2.88. The second-order valence-electron chi connectivity index (χ2n) is 6.13. The predicted octanol–water partition coefficient (Wildman–Crippen LogP) is 3.05. The van der Waals surface area contributed by atoms with Crippen molar-refractivity contribution < 1.29 is 40.7 Å². The topological polar surface area (TPSA) is 102 Å². The standard InChI is InChI=1S/C18H15F3N2O6S/c1-28-15-7-6-13(10-14(15)23-16(24)8-9-17(23)25)30(26,27)22-11-2-4-12(5-3-11)29-18(19,20)21/h2-7,10,22H,8-9H2,1H3. The molecule has 0 aliphatic carbocycles. The molecule has 2 aromatic carbocycles. The number of amides is 2. The van der Waals surface area contributed by atoms with E-state index in [4.69, 9.17) is 4.74 Å². The first-order valence-corrected chi connectivity index (χ1v) is 9.91. The van der Waals surface area contributed by atoms with Gasteiger partial charge in [-0.15, -0.1) is 13.2 Å². The molecule has 0 radical (unpaired) electrons. The quantitative estimate of drug-likeness (QED) is 0.688. The number of ether oxygens (including phenoxy) is 2. The van der Waals surface area contributed by atoms with Crippen LogP contribution in [0.1, 0.15) is 12.8 Å². The lowest BCUT2D eigenvalue weighted by atomic mass is 10.2. The number of hydrogen-bond acceptors (Lipinski definition) is 6. The molecule has 1 N–H and O–H groups in total. The van der Waals surface area contributed by atoms with E-state index in [9.17, 15) is 31.2 Å². The van der Waals surface area contributed by atoms with Gasteiger partial charge in [-0.05, 0) is 42.5 Å². The number of hydrogen-bond donors (Lipinski definition) is 1. The Bertz CT molecular complexity index is 1070. The van der Waals surface area contributed by atoms with E-state index in [1.807, 2.05) is 0 Å². The fourth-order valence-electron chi connectivity index (χ4n) is 2.80. The van der Waals surface area contributed by atoms with E-state index in [1.165, 1.54) is 19.2 Å².